The number of nitrogens with zero attached hydrogens (tertiary/aromatic N) is 7. The van der Waals surface area contributed by atoms with Crippen LogP contribution in [0.15, 0.2) is 42.6 Å². The van der Waals surface area contributed by atoms with Gasteiger partial charge in [-0.1, -0.05) is 18.2 Å². The molecule has 4 aromatic rings. The van der Waals surface area contributed by atoms with Gasteiger partial charge in [-0.2, -0.15) is 0 Å². The molecule has 2 fully saturated rings. The fraction of sp³-hybridized carbons (Fsp3) is 0.435. The smallest absolute Gasteiger partial charge is 0.225 e. The number of anilines is 1. The molecule has 0 spiro atoms. The van der Waals surface area contributed by atoms with Crippen molar-refractivity contribution in [3.63, 3.8) is 0 Å². The number of H-pyrrole nitrogens is 1. The molecule has 1 aromatic carbocycles. The summed E-state index contributed by atoms with van der Waals surface area (Å²) in [4.78, 5) is 20.9. The summed E-state index contributed by atoms with van der Waals surface area (Å²) < 4.78 is 1.45. The summed E-state index contributed by atoms with van der Waals surface area (Å²) in [6.45, 7) is 3.34. The van der Waals surface area contributed by atoms with Crippen molar-refractivity contribution in [2.45, 2.75) is 31.6 Å². The Hall–Kier alpha value is -3.49. The van der Waals surface area contributed by atoms with Crippen LogP contribution in [0.5, 0.6) is 0 Å². The lowest BCUT2D eigenvalue weighted by Crippen LogP contribution is -2.45. The lowest BCUT2D eigenvalue weighted by molar-refractivity contribution is -0.137. The van der Waals surface area contributed by atoms with Gasteiger partial charge in [0.25, 0.3) is 0 Å². The number of aromatic nitrogens is 6. The molecule has 2 aliphatic heterocycles. The predicted octanol–water partition coefficient (Wildman–Crippen LogP) is 2.62. The Balaban J connectivity index is 1.05. The molecular weight excluding hydrogens is 404 g/mol. The number of nitrogens with one attached hydrogen (secondary N) is 1. The first kappa shape index (κ1) is 19.2. The molecule has 32 heavy (non-hydrogen) atoms. The van der Waals surface area contributed by atoms with Gasteiger partial charge >= 0.3 is 0 Å². The molecular formula is C23H26N8O. The van der Waals surface area contributed by atoms with E-state index in [1.807, 2.05) is 12.1 Å². The van der Waals surface area contributed by atoms with E-state index in [0.717, 1.165) is 57.7 Å². The molecule has 0 unspecified atom stereocenters. The number of aromatic amines is 1. The van der Waals surface area contributed by atoms with Crippen molar-refractivity contribution in [2.24, 2.45) is 5.92 Å². The molecule has 0 bridgehead atoms. The standard InChI is InChI=1S/C23H26N8O/c32-23(17-9-11-29(12-10-17)22-6-5-21-25-27-28-31(21)26-22)30-13-7-16(8-14-30)19-15-24-20-4-2-1-3-18(19)20/h1-6,15-17,24H,7-14H2. The number of carbonyl (C=O) groups excluding carboxylic acids is 1. The van der Waals surface area contributed by atoms with E-state index in [0.29, 0.717) is 17.5 Å². The van der Waals surface area contributed by atoms with Crippen molar-refractivity contribution in [2.75, 3.05) is 31.1 Å². The second kappa shape index (κ2) is 7.89. The minimum absolute atomic E-state index is 0.104. The number of para-hydroxylation sites is 1. The second-order valence-electron chi connectivity index (χ2n) is 8.87. The van der Waals surface area contributed by atoms with Crippen LogP contribution in [0.4, 0.5) is 5.82 Å². The maximum absolute atomic E-state index is 13.2. The zero-order valence-electron chi connectivity index (χ0n) is 17.9. The maximum atomic E-state index is 13.2. The molecule has 0 atom stereocenters. The van der Waals surface area contributed by atoms with Crippen molar-refractivity contribution in [1.29, 1.82) is 0 Å². The molecule has 0 radical (unpaired) electrons. The quantitative estimate of drug-likeness (QED) is 0.537. The minimum Gasteiger partial charge on any atom is -0.361 e. The van der Waals surface area contributed by atoms with Crippen molar-refractivity contribution in [3.05, 3.63) is 48.2 Å². The van der Waals surface area contributed by atoms with E-state index >= 15 is 0 Å². The summed E-state index contributed by atoms with van der Waals surface area (Å²) in [5, 5.41) is 17.2. The number of carbonyl (C=O) groups is 1. The molecule has 6 rings (SSSR count). The Labute approximate surface area is 185 Å². The Morgan fingerprint density at radius 1 is 0.969 bits per heavy atom. The summed E-state index contributed by atoms with van der Waals surface area (Å²) in [5.74, 6) is 1.80. The third kappa shape index (κ3) is 3.37. The number of piperidine rings is 2. The lowest BCUT2D eigenvalue weighted by Gasteiger charge is -2.37. The van der Waals surface area contributed by atoms with Crippen LogP contribution in [-0.2, 0) is 4.79 Å². The first-order chi connectivity index (χ1) is 15.8. The number of rotatable bonds is 3. The van der Waals surface area contributed by atoms with Crippen molar-refractivity contribution in [1.82, 2.24) is 35.1 Å². The highest BCUT2D eigenvalue weighted by atomic mass is 16.2. The van der Waals surface area contributed by atoms with Gasteiger partial charge in [-0.15, -0.1) is 14.8 Å². The molecule has 0 saturated carbocycles. The summed E-state index contributed by atoms with van der Waals surface area (Å²) in [6, 6.07) is 12.3. The Morgan fingerprint density at radius 2 is 1.78 bits per heavy atom. The minimum atomic E-state index is 0.104. The van der Waals surface area contributed by atoms with Crippen molar-refractivity contribution in [3.8, 4) is 0 Å². The van der Waals surface area contributed by atoms with Crippen molar-refractivity contribution < 1.29 is 4.79 Å². The summed E-state index contributed by atoms with van der Waals surface area (Å²) >= 11 is 0. The number of benzene rings is 1. The number of fused-ring (bicyclic) bond motifs is 2. The van der Waals surface area contributed by atoms with Gasteiger partial charge in [0.05, 0.1) is 0 Å². The van der Waals surface area contributed by atoms with Gasteiger partial charge in [0.1, 0.15) is 0 Å². The number of likely N-dealkylation sites (tertiary alicyclic amines) is 1. The molecule has 5 heterocycles. The number of tetrazole rings is 1. The van der Waals surface area contributed by atoms with E-state index in [2.05, 4.69) is 65.9 Å². The van der Waals surface area contributed by atoms with Gasteiger partial charge in [-0.05, 0) is 65.8 Å². The third-order valence-corrected chi connectivity index (χ3v) is 7.09. The van der Waals surface area contributed by atoms with E-state index in [1.165, 1.54) is 21.1 Å². The summed E-state index contributed by atoms with van der Waals surface area (Å²) in [5.41, 5.74) is 3.23. The summed E-state index contributed by atoms with van der Waals surface area (Å²) in [7, 11) is 0. The van der Waals surface area contributed by atoms with E-state index in [-0.39, 0.29) is 5.92 Å². The highest BCUT2D eigenvalue weighted by Gasteiger charge is 2.32. The first-order valence-corrected chi connectivity index (χ1v) is 11.4. The van der Waals surface area contributed by atoms with Gasteiger partial charge in [-0.25, -0.2) is 0 Å². The zero-order chi connectivity index (χ0) is 21.5. The lowest BCUT2D eigenvalue weighted by atomic mass is 9.88. The van der Waals surface area contributed by atoms with E-state index in [1.54, 1.807) is 0 Å². The van der Waals surface area contributed by atoms with Gasteiger partial charge in [0.2, 0.25) is 5.91 Å². The van der Waals surface area contributed by atoms with Crippen LogP contribution < -0.4 is 4.90 Å². The van der Waals surface area contributed by atoms with Crippen LogP contribution in [-0.4, -0.2) is 67.2 Å². The number of hydrogen-bond acceptors (Lipinski definition) is 6. The van der Waals surface area contributed by atoms with Gasteiger partial charge in [-0.3, -0.25) is 4.79 Å². The average Bonchev–Trinajstić information content (AvgIpc) is 3.50. The predicted molar refractivity (Wildman–Crippen MR) is 120 cm³/mol. The molecule has 9 heteroatoms. The van der Waals surface area contributed by atoms with E-state index in [4.69, 9.17) is 0 Å². The molecule has 1 amide bonds. The van der Waals surface area contributed by atoms with Crippen molar-refractivity contribution >= 4 is 28.3 Å². The molecule has 3 aromatic heterocycles. The SMILES string of the molecule is O=C(C1CCN(c2ccc3nnnn3n2)CC1)N1CCC(c2c[nH]c3ccccc23)CC1. The molecule has 2 saturated heterocycles. The average molecular weight is 431 g/mol. The molecule has 164 valence electrons. The highest BCUT2D eigenvalue weighted by molar-refractivity contribution is 5.84. The summed E-state index contributed by atoms with van der Waals surface area (Å²) in [6.07, 6.45) is 5.93. The molecule has 2 aliphatic rings. The van der Waals surface area contributed by atoms with Crippen LogP contribution in [0.3, 0.4) is 0 Å². The van der Waals surface area contributed by atoms with Crippen LogP contribution >= 0.6 is 0 Å². The molecule has 1 N–H and O–H groups in total. The Bertz CT molecular complexity index is 1250. The topological polar surface area (TPSA) is 95.3 Å². The largest absolute Gasteiger partial charge is 0.361 e. The highest BCUT2D eigenvalue weighted by Crippen LogP contribution is 2.34. The van der Waals surface area contributed by atoms with Crippen LogP contribution in [0, 0.1) is 5.92 Å². The van der Waals surface area contributed by atoms with Gasteiger partial charge < -0.3 is 14.8 Å². The monoisotopic (exact) mass is 430 g/mol. The Kier molecular flexibility index (Phi) is 4.74. The maximum Gasteiger partial charge on any atom is 0.225 e. The number of hydrogen-bond donors (Lipinski definition) is 1. The fourth-order valence-electron chi connectivity index (χ4n) is 5.27. The van der Waals surface area contributed by atoms with E-state index in [9.17, 15) is 4.79 Å². The fourth-order valence-corrected chi connectivity index (χ4v) is 5.27. The number of amides is 1. The third-order valence-electron chi connectivity index (χ3n) is 7.09. The van der Waals surface area contributed by atoms with Gasteiger partial charge in [0.15, 0.2) is 11.5 Å². The van der Waals surface area contributed by atoms with Crippen LogP contribution in [0.25, 0.3) is 16.6 Å². The van der Waals surface area contributed by atoms with Crippen LogP contribution in [0.2, 0.25) is 0 Å². The van der Waals surface area contributed by atoms with E-state index < -0.39 is 0 Å². The van der Waals surface area contributed by atoms with Crippen LogP contribution in [0.1, 0.15) is 37.2 Å². The zero-order valence-corrected chi connectivity index (χ0v) is 17.9. The molecule has 0 aliphatic carbocycles. The second-order valence-corrected chi connectivity index (χ2v) is 8.87. The Morgan fingerprint density at radius 3 is 2.62 bits per heavy atom. The van der Waals surface area contributed by atoms with Gasteiger partial charge in [0, 0.05) is 49.2 Å². The first-order valence-electron chi connectivity index (χ1n) is 11.4. The molecule has 9 nitrogen and oxygen atoms in total. The normalized spacial score (nSPS) is 18.6.